The molecule has 1 aliphatic carbocycles. The first-order chi connectivity index (χ1) is 7.29. The molecule has 2 N–H and O–H groups in total. The average Bonchev–Trinajstić information content (AvgIpc) is 2.69. The molecule has 0 saturated heterocycles. The number of nitrogens with one attached hydrogen (secondary N) is 1. The Morgan fingerprint density at radius 2 is 2.33 bits per heavy atom. The Morgan fingerprint density at radius 1 is 1.47 bits per heavy atom. The van der Waals surface area contributed by atoms with Gasteiger partial charge in [-0.05, 0) is 40.9 Å². The summed E-state index contributed by atoms with van der Waals surface area (Å²) in [7, 11) is 0. The normalized spacial score (nSPS) is 25.5. The highest BCUT2D eigenvalue weighted by molar-refractivity contribution is 9.10. The first-order valence-corrected chi connectivity index (χ1v) is 6.08. The second kappa shape index (κ2) is 4.94. The molecule has 82 valence electrons. The molecule has 2 rings (SSSR count). The Morgan fingerprint density at radius 3 is 3.00 bits per heavy atom. The second-order valence-corrected chi connectivity index (χ2v) is 4.90. The quantitative estimate of drug-likeness (QED) is 0.887. The van der Waals surface area contributed by atoms with Gasteiger partial charge >= 0.3 is 0 Å². The van der Waals surface area contributed by atoms with E-state index in [0.717, 1.165) is 23.1 Å². The third-order valence-corrected chi connectivity index (χ3v) is 3.42. The van der Waals surface area contributed by atoms with Crippen LogP contribution in [0, 0.1) is 5.92 Å². The van der Waals surface area contributed by atoms with Crippen molar-refractivity contribution in [3.05, 3.63) is 22.8 Å². The Bertz CT molecular complexity index is 315. The standard InChI is InChI=1S/C11H15BrN2O/c12-9-4-5-11(13-6-9)14-10-3-1-2-8(10)7-15/h4-6,8,10,15H,1-3,7H2,(H,13,14). The van der Waals surface area contributed by atoms with Gasteiger partial charge in [0.1, 0.15) is 5.82 Å². The minimum Gasteiger partial charge on any atom is -0.396 e. The van der Waals surface area contributed by atoms with E-state index in [1.807, 2.05) is 12.1 Å². The average molecular weight is 271 g/mol. The number of halogens is 1. The van der Waals surface area contributed by atoms with Crippen molar-refractivity contribution in [2.24, 2.45) is 5.92 Å². The maximum atomic E-state index is 9.19. The van der Waals surface area contributed by atoms with Crippen molar-refractivity contribution in [1.82, 2.24) is 4.98 Å². The van der Waals surface area contributed by atoms with Crippen molar-refractivity contribution in [1.29, 1.82) is 0 Å². The van der Waals surface area contributed by atoms with E-state index in [1.54, 1.807) is 6.20 Å². The molecule has 0 aliphatic heterocycles. The highest BCUT2D eigenvalue weighted by atomic mass is 79.9. The summed E-state index contributed by atoms with van der Waals surface area (Å²) in [6, 6.07) is 4.30. The fourth-order valence-corrected chi connectivity index (χ4v) is 2.33. The number of nitrogens with zero attached hydrogens (tertiary/aromatic N) is 1. The lowest BCUT2D eigenvalue weighted by Gasteiger charge is -2.19. The first kappa shape index (κ1) is 10.9. The summed E-state index contributed by atoms with van der Waals surface area (Å²) in [5.41, 5.74) is 0. The SMILES string of the molecule is OCC1CCCC1Nc1ccc(Br)cn1. The van der Waals surface area contributed by atoms with Gasteiger partial charge in [-0.2, -0.15) is 0 Å². The summed E-state index contributed by atoms with van der Waals surface area (Å²) < 4.78 is 0.984. The molecule has 2 unspecified atom stereocenters. The Labute approximate surface area is 98.0 Å². The van der Waals surface area contributed by atoms with Gasteiger partial charge in [0.2, 0.25) is 0 Å². The molecule has 2 atom stereocenters. The lowest BCUT2D eigenvalue weighted by Crippen LogP contribution is -2.26. The molecule has 1 fully saturated rings. The molecule has 0 radical (unpaired) electrons. The van der Waals surface area contributed by atoms with Crippen molar-refractivity contribution in [2.45, 2.75) is 25.3 Å². The summed E-state index contributed by atoms with van der Waals surface area (Å²) >= 11 is 3.35. The van der Waals surface area contributed by atoms with Crippen LogP contribution in [0.25, 0.3) is 0 Å². The zero-order valence-corrected chi connectivity index (χ0v) is 10.1. The van der Waals surface area contributed by atoms with Gasteiger partial charge in [-0.1, -0.05) is 6.42 Å². The van der Waals surface area contributed by atoms with Crippen molar-refractivity contribution in [2.75, 3.05) is 11.9 Å². The lowest BCUT2D eigenvalue weighted by atomic mass is 10.1. The van der Waals surface area contributed by atoms with Gasteiger partial charge in [-0.3, -0.25) is 0 Å². The predicted octanol–water partition coefficient (Wildman–Crippen LogP) is 2.42. The molecule has 0 bridgehead atoms. The highest BCUT2D eigenvalue weighted by Gasteiger charge is 2.26. The summed E-state index contributed by atoms with van der Waals surface area (Å²) in [5.74, 6) is 1.28. The number of rotatable bonds is 3. The Balaban J connectivity index is 1.99. The van der Waals surface area contributed by atoms with Gasteiger partial charge in [0, 0.05) is 29.2 Å². The van der Waals surface area contributed by atoms with Crippen LogP contribution in [0.3, 0.4) is 0 Å². The molecule has 0 amide bonds. The van der Waals surface area contributed by atoms with Crippen LogP contribution in [-0.4, -0.2) is 22.7 Å². The van der Waals surface area contributed by atoms with Crippen LogP contribution < -0.4 is 5.32 Å². The van der Waals surface area contributed by atoms with Crippen LogP contribution in [0.1, 0.15) is 19.3 Å². The maximum absolute atomic E-state index is 9.19. The molecule has 0 spiro atoms. The Hall–Kier alpha value is -0.610. The highest BCUT2D eigenvalue weighted by Crippen LogP contribution is 2.27. The minimum atomic E-state index is 0.272. The van der Waals surface area contributed by atoms with Crippen molar-refractivity contribution < 1.29 is 5.11 Å². The number of aromatic nitrogens is 1. The molecule has 1 saturated carbocycles. The topological polar surface area (TPSA) is 45.1 Å². The predicted molar refractivity (Wildman–Crippen MR) is 63.8 cm³/mol. The molecular formula is C11H15BrN2O. The van der Waals surface area contributed by atoms with Crippen LogP contribution >= 0.6 is 15.9 Å². The lowest BCUT2D eigenvalue weighted by molar-refractivity contribution is 0.222. The molecule has 1 aromatic heterocycles. The molecule has 4 heteroatoms. The summed E-state index contributed by atoms with van der Waals surface area (Å²) in [5, 5.41) is 12.6. The summed E-state index contributed by atoms with van der Waals surface area (Å²) in [4.78, 5) is 4.27. The van der Waals surface area contributed by atoms with E-state index < -0.39 is 0 Å². The molecule has 1 aromatic rings. The first-order valence-electron chi connectivity index (χ1n) is 5.28. The van der Waals surface area contributed by atoms with Gasteiger partial charge in [0.15, 0.2) is 0 Å². The van der Waals surface area contributed by atoms with Crippen LogP contribution in [0.2, 0.25) is 0 Å². The van der Waals surface area contributed by atoms with Crippen LogP contribution in [0.4, 0.5) is 5.82 Å². The smallest absolute Gasteiger partial charge is 0.126 e. The largest absolute Gasteiger partial charge is 0.396 e. The van der Waals surface area contributed by atoms with Gasteiger partial charge < -0.3 is 10.4 Å². The summed E-state index contributed by atoms with van der Waals surface area (Å²) in [6.45, 7) is 0.272. The maximum Gasteiger partial charge on any atom is 0.126 e. The van der Waals surface area contributed by atoms with E-state index in [4.69, 9.17) is 0 Å². The van der Waals surface area contributed by atoms with Crippen LogP contribution in [0.15, 0.2) is 22.8 Å². The van der Waals surface area contributed by atoms with Crippen molar-refractivity contribution in [3.63, 3.8) is 0 Å². The molecule has 1 aliphatic rings. The number of hydrogen-bond donors (Lipinski definition) is 2. The minimum absolute atomic E-state index is 0.272. The van der Waals surface area contributed by atoms with Crippen LogP contribution in [0.5, 0.6) is 0 Å². The van der Waals surface area contributed by atoms with Crippen LogP contribution in [-0.2, 0) is 0 Å². The zero-order valence-electron chi connectivity index (χ0n) is 8.49. The van der Waals surface area contributed by atoms with Gasteiger partial charge in [0.25, 0.3) is 0 Å². The van der Waals surface area contributed by atoms with Gasteiger partial charge in [-0.25, -0.2) is 4.98 Å². The number of hydrogen-bond acceptors (Lipinski definition) is 3. The fraction of sp³-hybridized carbons (Fsp3) is 0.545. The number of anilines is 1. The number of aliphatic hydroxyl groups excluding tert-OH is 1. The van der Waals surface area contributed by atoms with E-state index in [2.05, 4.69) is 26.2 Å². The summed E-state index contributed by atoms with van der Waals surface area (Å²) in [6.07, 6.45) is 5.22. The van der Waals surface area contributed by atoms with E-state index in [9.17, 15) is 5.11 Å². The third-order valence-electron chi connectivity index (χ3n) is 2.95. The van der Waals surface area contributed by atoms with E-state index in [1.165, 1.54) is 6.42 Å². The third kappa shape index (κ3) is 2.69. The molecular weight excluding hydrogens is 256 g/mol. The van der Waals surface area contributed by atoms with Gasteiger partial charge in [-0.15, -0.1) is 0 Å². The second-order valence-electron chi connectivity index (χ2n) is 3.99. The van der Waals surface area contributed by atoms with Crippen molar-refractivity contribution in [3.8, 4) is 0 Å². The van der Waals surface area contributed by atoms with E-state index in [-0.39, 0.29) is 6.61 Å². The molecule has 0 aromatic carbocycles. The molecule has 1 heterocycles. The number of pyridine rings is 1. The monoisotopic (exact) mass is 270 g/mol. The Kier molecular flexibility index (Phi) is 3.59. The fourth-order valence-electron chi connectivity index (χ4n) is 2.10. The molecule has 15 heavy (non-hydrogen) atoms. The van der Waals surface area contributed by atoms with E-state index in [0.29, 0.717) is 12.0 Å². The van der Waals surface area contributed by atoms with E-state index >= 15 is 0 Å². The van der Waals surface area contributed by atoms with Crippen molar-refractivity contribution >= 4 is 21.7 Å². The van der Waals surface area contributed by atoms with Gasteiger partial charge in [0.05, 0.1) is 0 Å². The molecule has 3 nitrogen and oxygen atoms in total. The number of aliphatic hydroxyl groups is 1. The zero-order chi connectivity index (χ0) is 10.7.